The zero-order chi connectivity index (χ0) is 25.5. The minimum Gasteiger partial charge on any atom is -0.489 e. The third-order valence-electron chi connectivity index (χ3n) is 7.03. The van der Waals surface area contributed by atoms with Crippen molar-refractivity contribution in [1.29, 1.82) is 0 Å². The molecule has 1 aliphatic heterocycles. The summed E-state index contributed by atoms with van der Waals surface area (Å²) >= 11 is 0. The number of fused-ring (bicyclic) bond motifs is 1. The molecule has 0 spiro atoms. The first-order valence-electron chi connectivity index (χ1n) is 12.9. The van der Waals surface area contributed by atoms with Gasteiger partial charge in [-0.3, -0.25) is 14.5 Å². The van der Waals surface area contributed by atoms with E-state index in [0.717, 1.165) is 44.5 Å². The fourth-order valence-electron chi connectivity index (χ4n) is 4.86. The highest BCUT2D eigenvalue weighted by molar-refractivity contribution is 5.96. The maximum atomic E-state index is 13.1. The molecule has 5 rings (SSSR count). The summed E-state index contributed by atoms with van der Waals surface area (Å²) in [5.74, 6) is 0.734. The number of hydrogen-bond acceptors (Lipinski definition) is 5. The molecule has 1 aromatic heterocycles. The lowest BCUT2D eigenvalue weighted by atomic mass is 9.93. The Morgan fingerprint density at radius 3 is 2.38 bits per heavy atom. The molecule has 37 heavy (non-hydrogen) atoms. The molecule has 0 bridgehead atoms. The molecule has 0 atom stereocenters. The van der Waals surface area contributed by atoms with Crippen LogP contribution in [0.5, 0.6) is 5.75 Å². The average molecular weight is 497 g/mol. The van der Waals surface area contributed by atoms with Crippen LogP contribution in [0.25, 0.3) is 11.0 Å². The molecule has 0 aliphatic carbocycles. The second-order valence-corrected chi connectivity index (χ2v) is 9.66. The third-order valence-corrected chi connectivity index (χ3v) is 7.03. The molecular formula is C31H32N2O4. The number of hydrogen-bond donors (Lipinski definition) is 1. The van der Waals surface area contributed by atoms with E-state index in [1.165, 1.54) is 11.8 Å². The minimum atomic E-state index is -0.396. The highest BCUT2D eigenvalue weighted by atomic mass is 16.5. The van der Waals surface area contributed by atoms with Gasteiger partial charge in [0, 0.05) is 13.1 Å². The van der Waals surface area contributed by atoms with Crippen molar-refractivity contribution in [2.24, 2.45) is 5.92 Å². The van der Waals surface area contributed by atoms with Gasteiger partial charge in [-0.15, -0.1) is 0 Å². The van der Waals surface area contributed by atoms with E-state index >= 15 is 0 Å². The fourth-order valence-corrected chi connectivity index (χ4v) is 4.86. The summed E-state index contributed by atoms with van der Waals surface area (Å²) < 4.78 is 11.4. The monoisotopic (exact) mass is 496 g/mol. The Morgan fingerprint density at radius 1 is 0.946 bits per heavy atom. The first-order valence-corrected chi connectivity index (χ1v) is 12.9. The fraction of sp³-hybridized carbons (Fsp3) is 0.290. The predicted octanol–water partition coefficient (Wildman–Crippen LogP) is 5.40. The number of likely N-dealkylation sites (tertiary alicyclic amines) is 1. The first kappa shape index (κ1) is 24.8. The molecule has 0 saturated carbocycles. The first-order chi connectivity index (χ1) is 18.2. The summed E-state index contributed by atoms with van der Waals surface area (Å²) in [5, 5.41) is 3.26. The van der Waals surface area contributed by atoms with Crippen molar-refractivity contribution in [2.75, 3.05) is 19.6 Å². The molecule has 6 heteroatoms. The van der Waals surface area contributed by atoms with Crippen LogP contribution < -0.4 is 15.5 Å². The quantitative estimate of drug-likeness (QED) is 0.336. The second-order valence-electron chi connectivity index (χ2n) is 9.66. The molecule has 1 fully saturated rings. The molecule has 6 nitrogen and oxygen atoms in total. The molecule has 1 amide bonds. The summed E-state index contributed by atoms with van der Waals surface area (Å²) in [6, 6.07) is 25.5. The van der Waals surface area contributed by atoms with Gasteiger partial charge in [-0.2, -0.15) is 0 Å². The van der Waals surface area contributed by atoms with Gasteiger partial charge in [0.2, 0.25) is 5.43 Å². The van der Waals surface area contributed by atoms with Gasteiger partial charge in [0.05, 0.1) is 5.39 Å². The lowest BCUT2D eigenvalue weighted by Gasteiger charge is -2.32. The van der Waals surface area contributed by atoms with Gasteiger partial charge in [-0.25, -0.2) is 0 Å². The largest absolute Gasteiger partial charge is 0.489 e. The van der Waals surface area contributed by atoms with Crippen LogP contribution in [0, 0.1) is 5.92 Å². The molecule has 190 valence electrons. The van der Waals surface area contributed by atoms with E-state index in [4.69, 9.17) is 9.15 Å². The van der Waals surface area contributed by atoms with Crippen LogP contribution in [0.3, 0.4) is 0 Å². The molecule has 0 radical (unpaired) electrons. The number of ether oxygens (including phenoxy) is 1. The van der Waals surface area contributed by atoms with Gasteiger partial charge in [-0.05, 0) is 67.6 Å². The number of benzene rings is 3. The minimum absolute atomic E-state index is 0.0189. The number of nitrogens with zero attached hydrogens (tertiary/aromatic N) is 1. The van der Waals surface area contributed by atoms with Gasteiger partial charge < -0.3 is 14.5 Å². The Bertz CT molecular complexity index is 1380. The van der Waals surface area contributed by atoms with Crippen LogP contribution >= 0.6 is 0 Å². The van der Waals surface area contributed by atoms with Gasteiger partial charge in [0.1, 0.15) is 29.8 Å². The summed E-state index contributed by atoms with van der Waals surface area (Å²) in [4.78, 5) is 28.3. The highest BCUT2D eigenvalue weighted by Crippen LogP contribution is 2.22. The zero-order valence-electron chi connectivity index (χ0n) is 20.9. The maximum absolute atomic E-state index is 13.1. The van der Waals surface area contributed by atoms with Crippen molar-refractivity contribution in [2.45, 2.75) is 32.4 Å². The van der Waals surface area contributed by atoms with Gasteiger partial charge in [0.15, 0.2) is 0 Å². The Labute approximate surface area is 216 Å². The maximum Gasteiger partial charge on any atom is 0.258 e. The number of nitrogens with one attached hydrogen (secondary N) is 1. The third kappa shape index (κ3) is 6.46. The van der Waals surface area contributed by atoms with E-state index < -0.39 is 5.91 Å². The molecule has 3 aromatic carbocycles. The lowest BCUT2D eigenvalue weighted by molar-refractivity contribution is 0.0945. The normalized spacial score (nSPS) is 14.5. The molecule has 1 saturated heterocycles. The standard InChI is InChI=1S/C31H32N2O4/c34-30-27-19-26(36-21-25-9-5-2-6-10-25)11-12-29(27)37-22-28(30)31(35)32-16-13-23-14-17-33(18-15-23)20-24-7-3-1-4-8-24/h1-12,19,22-23H,13-18,20-21H2,(H,32,35). The van der Waals surface area contributed by atoms with Crippen molar-refractivity contribution in [3.63, 3.8) is 0 Å². The van der Waals surface area contributed by atoms with Crippen molar-refractivity contribution < 1.29 is 13.9 Å². The molecule has 4 aromatic rings. The number of rotatable bonds is 9. The van der Waals surface area contributed by atoms with Gasteiger partial charge in [-0.1, -0.05) is 60.7 Å². The van der Waals surface area contributed by atoms with E-state index in [0.29, 0.717) is 35.8 Å². The second kappa shape index (κ2) is 11.9. The number of amides is 1. The summed E-state index contributed by atoms with van der Waals surface area (Å²) in [5.41, 5.74) is 2.47. The molecule has 1 aliphatic rings. The average Bonchev–Trinajstić information content (AvgIpc) is 2.94. The van der Waals surface area contributed by atoms with Gasteiger partial charge in [0.25, 0.3) is 5.91 Å². The number of piperidine rings is 1. The summed E-state index contributed by atoms with van der Waals surface area (Å²) in [7, 11) is 0. The van der Waals surface area contributed by atoms with E-state index in [2.05, 4.69) is 34.5 Å². The smallest absolute Gasteiger partial charge is 0.258 e. The van der Waals surface area contributed by atoms with Crippen LogP contribution in [0.1, 0.15) is 40.7 Å². The molecule has 2 heterocycles. The van der Waals surface area contributed by atoms with Crippen LogP contribution in [0.15, 0.2) is 94.3 Å². The van der Waals surface area contributed by atoms with Gasteiger partial charge >= 0.3 is 0 Å². The summed E-state index contributed by atoms with van der Waals surface area (Å²) in [6.07, 6.45) is 4.40. The van der Waals surface area contributed by atoms with Crippen LogP contribution in [0.2, 0.25) is 0 Å². The van der Waals surface area contributed by atoms with Crippen LogP contribution in [0.4, 0.5) is 0 Å². The molecule has 1 N–H and O–H groups in total. The van der Waals surface area contributed by atoms with Crippen LogP contribution in [-0.2, 0) is 13.2 Å². The predicted molar refractivity (Wildman–Crippen MR) is 145 cm³/mol. The molecule has 0 unspecified atom stereocenters. The Kier molecular flexibility index (Phi) is 7.96. The van der Waals surface area contributed by atoms with Crippen LogP contribution in [-0.4, -0.2) is 30.4 Å². The Hall–Kier alpha value is -3.90. The Morgan fingerprint density at radius 2 is 1.65 bits per heavy atom. The summed E-state index contributed by atoms with van der Waals surface area (Å²) in [6.45, 7) is 4.05. The van der Waals surface area contributed by atoms with Crippen molar-refractivity contribution in [3.05, 3.63) is 112 Å². The van der Waals surface area contributed by atoms with E-state index in [-0.39, 0.29) is 11.0 Å². The number of carbonyl (C=O) groups is 1. The van der Waals surface area contributed by atoms with E-state index in [9.17, 15) is 9.59 Å². The highest BCUT2D eigenvalue weighted by Gasteiger charge is 2.20. The zero-order valence-corrected chi connectivity index (χ0v) is 20.9. The van der Waals surface area contributed by atoms with E-state index in [1.807, 2.05) is 36.4 Å². The van der Waals surface area contributed by atoms with E-state index in [1.54, 1.807) is 18.2 Å². The molecular weight excluding hydrogens is 464 g/mol. The van der Waals surface area contributed by atoms with Crippen molar-refractivity contribution >= 4 is 16.9 Å². The Balaban J connectivity index is 1.13. The van der Waals surface area contributed by atoms with Crippen molar-refractivity contribution in [3.8, 4) is 5.75 Å². The topological polar surface area (TPSA) is 71.8 Å². The lowest BCUT2D eigenvalue weighted by Crippen LogP contribution is -2.35. The SMILES string of the molecule is O=C(NCCC1CCN(Cc2ccccc2)CC1)c1coc2ccc(OCc3ccccc3)cc2c1=O. The van der Waals surface area contributed by atoms with Crippen molar-refractivity contribution in [1.82, 2.24) is 10.2 Å². The number of carbonyl (C=O) groups excluding carboxylic acids is 1.